The van der Waals surface area contributed by atoms with E-state index >= 15 is 0 Å². The predicted molar refractivity (Wildman–Crippen MR) is 55.2 cm³/mol. The summed E-state index contributed by atoms with van der Waals surface area (Å²) in [4.78, 5) is 0. The average Bonchev–Trinajstić information content (AvgIpc) is 2.61. The molecule has 0 saturated heterocycles. The lowest BCUT2D eigenvalue weighted by atomic mass is 10.0. The molecule has 0 spiro atoms. The number of ether oxygens (including phenoxy) is 2. The number of hydrogen-bond donors (Lipinski definition) is 1. The predicted octanol–water partition coefficient (Wildman–Crippen LogP) is 1.48. The Hall–Kier alpha value is -0.930. The quantitative estimate of drug-likeness (QED) is 0.708. The zero-order valence-electron chi connectivity index (χ0n) is 7.71. The first-order valence-electron chi connectivity index (χ1n) is 4.55. The summed E-state index contributed by atoms with van der Waals surface area (Å²) in [5.74, 6) is 1.79. The van der Waals surface area contributed by atoms with Crippen LogP contribution in [0.4, 0.5) is 0 Å². The first kappa shape index (κ1) is 9.62. The number of nitrogens with one attached hydrogen (secondary N) is 1. The van der Waals surface area contributed by atoms with E-state index < -0.39 is 0 Å². The van der Waals surface area contributed by atoms with Crippen LogP contribution in [0, 0.1) is 0 Å². The molecule has 0 aromatic heterocycles. The molecule has 0 saturated carbocycles. The molecule has 1 N–H and O–H groups in total. The fraction of sp³-hybridized carbons (Fsp3) is 0.400. The summed E-state index contributed by atoms with van der Waals surface area (Å²) in [5, 5.41) is 3.34. The van der Waals surface area contributed by atoms with E-state index in [4.69, 9.17) is 9.47 Å². The van der Waals surface area contributed by atoms with Crippen molar-refractivity contribution in [3.63, 3.8) is 0 Å². The lowest BCUT2D eigenvalue weighted by Gasteiger charge is -2.17. The van der Waals surface area contributed by atoms with Crippen molar-refractivity contribution in [1.29, 1.82) is 0 Å². The molecule has 0 unspecified atom stereocenters. The Labute approximate surface area is 88.8 Å². The molecule has 3 rings (SSSR count). The lowest BCUT2D eigenvalue weighted by Crippen LogP contribution is -2.23. The van der Waals surface area contributed by atoms with Gasteiger partial charge >= 0.3 is 0 Å². The van der Waals surface area contributed by atoms with Gasteiger partial charge in [-0.25, -0.2) is 0 Å². The van der Waals surface area contributed by atoms with Crippen LogP contribution in [-0.4, -0.2) is 13.3 Å². The Bertz CT molecular complexity index is 321. The fourth-order valence-corrected chi connectivity index (χ4v) is 1.87. The molecule has 0 atom stereocenters. The second kappa shape index (κ2) is 3.67. The summed E-state index contributed by atoms with van der Waals surface area (Å²) in [6.45, 7) is 2.38. The second-order valence-electron chi connectivity index (χ2n) is 3.40. The molecule has 3 nitrogen and oxygen atoms in total. The summed E-state index contributed by atoms with van der Waals surface area (Å²) in [5.41, 5.74) is 2.73. The van der Waals surface area contributed by atoms with Gasteiger partial charge in [0.1, 0.15) is 0 Å². The first-order chi connectivity index (χ1) is 6.43. The zero-order valence-corrected chi connectivity index (χ0v) is 8.52. The second-order valence-corrected chi connectivity index (χ2v) is 3.40. The molecule has 0 amide bonds. The van der Waals surface area contributed by atoms with Gasteiger partial charge in [0, 0.05) is 6.54 Å². The number of rotatable bonds is 0. The van der Waals surface area contributed by atoms with E-state index in [0.717, 1.165) is 31.0 Å². The Morgan fingerprint density at radius 2 is 1.79 bits per heavy atom. The van der Waals surface area contributed by atoms with Crippen LogP contribution in [0.25, 0.3) is 0 Å². The summed E-state index contributed by atoms with van der Waals surface area (Å²) < 4.78 is 10.6. The molecular formula is C10H12ClNO2. The maximum absolute atomic E-state index is 5.32. The van der Waals surface area contributed by atoms with Gasteiger partial charge in [-0.3, -0.25) is 0 Å². The number of fused-ring (bicyclic) bond motifs is 2. The molecule has 0 bridgehead atoms. The van der Waals surface area contributed by atoms with E-state index in [0.29, 0.717) is 6.79 Å². The van der Waals surface area contributed by atoms with E-state index in [-0.39, 0.29) is 12.4 Å². The third kappa shape index (κ3) is 1.42. The van der Waals surface area contributed by atoms with Crippen LogP contribution in [0.15, 0.2) is 12.1 Å². The van der Waals surface area contributed by atoms with Gasteiger partial charge in [0.2, 0.25) is 6.79 Å². The molecule has 14 heavy (non-hydrogen) atoms. The summed E-state index contributed by atoms with van der Waals surface area (Å²) >= 11 is 0. The highest BCUT2D eigenvalue weighted by Gasteiger charge is 2.18. The van der Waals surface area contributed by atoms with Crippen LogP contribution >= 0.6 is 12.4 Å². The van der Waals surface area contributed by atoms with Gasteiger partial charge in [0.25, 0.3) is 0 Å². The van der Waals surface area contributed by atoms with E-state index in [1.165, 1.54) is 11.1 Å². The van der Waals surface area contributed by atoms with Crippen LogP contribution in [0.2, 0.25) is 0 Å². The molecule has 0 aliphatic carbocycles. The summed E-state index contributed by atoms with van der Waals surface area (Å²) in [6, 6.07) is 4.20. The molecular weight excluding hydrogens is 202 g/mol. The van der Waals surface area contributed by atoms with E-state index in [1.807, 2.05) is 0 Å². The first-order valence-corrected chi connectivity index (χ1v) is 4.55. The molecule has 2 aliphatic heterocycles. The van der Waals surface area contributed by atoms with Crippen molar-refractivity contribution in [3.05, 3.63) is 23.3 Å². The van der Waals surface area contributed by atoms with Gasteiger partial charge in [-0.15, -0.1) is 12.4 Å². The normalized spacial score (nSPS) is 17.1. The van der Waals surface area contributed by atoms with Gasteiger partial charge in [0.15, 0.2) is 11.5 Å². The van der Waals surface area contributed by atoms with Gasteiger partial charge in [-0.05, 0) is 36.2 Å². The summed E-state index contributed by atoms with van der Waals surface area (Å²) in [6.07, 6.45) is 1.09. The van der Waals surface area contributed by atoms with E-state index in [2.05, 4.69) is 17.4 Å². The maximum Gasteiger partial charge on any atom is 0.231 e. The summed E-state index contributed by atoms with van der Waals surface area (Å²) in [7, 11) is 0. The molecule has 0 radical (unpaired) electrons. The van der Waals surface area contributed by atoms with Crippen LogP contribution < -0.4 is 14.8 Å². The van der Waals surface area contributed by atoms with Gasteiger partial charge in [-0.1, -0.05) is 0 Å². The van der Waals surface area contributed by atoms with E-state index in [9.17, 15) is 0 Å². The van der Waals surface area contributed by atoms with Crippen LogP contribution in [-0.2, 0) is 13.0 Å². The lowest BCUT2D eigenvalue weighted by molar-refractivity contribution is 0.174. The van der Waals surface area contributed by atoms with E-state index in [1.54, 1.807) is 0 Å². The smallest absolute Gasteiger partial charge is 0.231 e. The minimum Gasteiger partial charge on any atom is -0.454 e. The molecule has 1 aromatic carbocycles. The average molecular weight is 214 g/mol. The van der Waals surface area contributed by atoms with Crippen molar-refractivity contribution in [2.45, 2.75) is 13.0 Å². The Kier molecular flexibility index (Phi) is 2.52. The molecule has 76 valence electrons. The molecule has 0 fully saturated rings. The van der Waals surface area contributed by atoms with Crippen molar-refractivity contribution in [2.75, 3.05) is 13.3 Å². The number of halogens is 1. The van der Waals surface area contributed by atoms with Crippen LogP contribution in [0.1, 0.15) is 11.1 Å². The minimum absolute atomic E-state index is 0. The fourth-order valence-electron chi connectivity index (χ4n) is 1.87. The SMILES string of the molecule is Cl.c1c2c(cc3c1OCO3)CNCC2. The van der Waals surface area contributed by atoms with Crippen LogP contribution in [0.3, 0.4) is 0 Å². The topological polar surface area (TPSA) is 30.5 Å². The van der Waals surface area contributed by atoms with Gasteiger partial charge < -0.3 is 14.8 Å². The highest BCUT2D eigenvalue weighted by atomic mass is 35.5. The monoisotopic (exact) mass is 213 g/mol. The van der Waals surface area contributed by atoms with Crippen molar-refractivity contribution in [2.24, 2.45) is 0 Å². The van der Waals surface area contributed by atoms with Gasteiger partial charge in [-0.2, -0.15) is 0 Å². The number of hydrogen-bond acceptors (Lipinski definition) is 3. The minimum atomic E-state index is 0. The highest BCUT2D eigenvalue weighted by molar-refractivity contribution is 5.85. The van der Waals surface area contributed by atoms with Crippen molar-refractivity contribution in [1.82, 2.24) is 5.32 Å². The third-order valence-corrected chi connectivity index (χ3v) is 2.58. The molecule has 4 heteroatoms. The largest absolute Gasteiger partial charge is 0.454 e. The number of benzene rings is 1. The van der Waals surface area contributed by atoms with Crippen molar-refractivity contribution in [3.8, 4) is 11.5 Å². The van der Waals surface area contributed by atoms with Crippen molar-refractivity contribution >= 4 is 12.4 Å². The standard InChI is InChI=1S/C10H11NO2.ClH/c1-2-11-5-8-4-10-9(3-7(1)8)12-6-13-10;/h3-4,11H,1-2,5-6H2;1H. The zero-order chi connectivity index (χ0) is 8.67. The molecule has 1 aromatic rings. The molecule has 2 aliphatic rings. The van der Waals surface area contributed by atoms with Crippen LogP contribution in [0.5, 0.6) is 11.5 Å². The molecule has 2 heterocycles. The van der Waals surface area contributed by atoms with Crippen molar-refractivity contribution < 1.29 is 9.47 Å². The third-order valence-electron chi connectivity index (χ3n) is 2.58. The Morgan fingerprint density at radius 1 is 1.07 bits per heavy atom. The Balaban J connectivity index is 0.000000750. The Morgan fingerprint density at radius 3 is 2.57 bits per heavy atom. The van der Waals surface area contributed by atoms with Gasteiger partial charge in [0.05, 0.1) is 0 Å². The highest BCUT2D eigenvalue weighted by Crippen LogP contribution is 2.35. The maximum atomic E-state index is 5.32.